The zero-order chi connectivity index (χ0) is 41.8. The van der Waals surface area contributed by atoms with E-state index in [2.05, 4.69) is 236 Å². The molecule has 7 aromatic carbocycles. The van der Waals surface area contributed by atoms with E-state index in [0.717, 1.165) is 0 Å². The van der Waals surface area contributed by atoms with E-state index in [-0.39, 0.29) is 75.2 Å². The van der Waals surface area contributed by atoms with Crippen molar-refractivity contribution in [2.75, 3.05) is 0 Å². The molecule has 5 heteroatoms. The molecule has 0 saturated heterocycles. The molecule has 0 bridgehead atoms. The number of hydrogen-bond donors (Lipinski definition) is 0. The van der Waals surface area contributed by atoms with Crippen LogP contribution in [0.3, 0.4) is 0 Å². The Morgan fingerprint density at radius 3 is 0.806 bits per heavy atom. The second-order valence-corrected chi connectivity index (χ2v) is 23.6. The maximum atomic E-state index is 2.53. The minimum absolute atomic E-state index is 0. The molecular formula is C57H63Cl3SiTi. The Morgan fingerprint density at radius 2 is 0.581 bits per heavy atom. The second kappa shape index (κ2) is 20.1. The first-order valence-electron chi connectivity index (χ1n) is 21.2. The summed E-state index contributed by atoms with van der Waals surface area (Å²) < 4.78 is 0. The van der Waals surface area contributed by atoms with E-state index >= 15 is 0 Å². The van der Waals surface area contributed by atoms with Crippen LogP contribution >= 0.6 is 0 Å². The smallest absolute Gasteiger partial charge is 1.00 e. The molecule has 62 heavy (non-hydrogen) atoms. The first kappa shape index (κ1) is 52.8. The van der Waals surface area contributed by atoms with Gasteiger partial charge in [0.2, 0.25) is 0 Å². The average molecular weight is 930 g/mol. The molecule has 0 N–H and O–H groups in total. The summed E-state index contributed by atoms with van der Waals surface area (Å²) in [5, 5.41) is 5.73. The molecule has 0 aliphatic carbocycles. The van der Waals surface area contributed by atoms with Gasteiger partial charge in [-0.15, -0.1) is 5.19 Å². The Hall–Kier alpha value is -3.53. The van der Waals surface area contributed by atoms with Gasteiger partial charge in [0.05, 0.1) is 0 Å². The van der Waals surface area contributed by atoms with Crippen molar-refractivity contribution in [3.8, 4) is 33.4 Å². The first-order chi connectivity index (χ1) is 27.3. The normalized spacial score (nSPS) is 11.8. The quantitative estimate of drug-likeness (QED) is 0.129. The van der Waals surface area contributed by atoms with Crippen molar-refractivity contribution < 1.29 is 58.9 Å². The maximum absolute atomic E-state index is 3.01. The van der Waals surface area contributed by atoms with Crippen molar-refractivity contribution in [2.45, 2.75) is 106 Å². The Balaban J connectivity index is 0.00000256. The molecule has 0 aliphatic rings. The topological polar surface area (TPSA) is 0 Å². The van der Waals surface area contributed by atoms with Crippen LogP contribution in [0.15, 0.2) is 146 Å². The molecule has 7 aromatic rings. The molecule has 0 aliphatic heterocycles. The number of rotatable bonds is 7. The predicted octanol–water partition coefficient (Wildman–Crippen LogP) is 3.92. The molecule has 320 valence electrons. The van der Waals surface area contributed by atoms with Gasteiger partial charge in [-0.1, -0.05) is 251 Å². The van der Waals surface area contributed by atoms with E-state index in [1.54, 1.807) is 0 Å². The van der Waals surface area contributed by atoms with E-state index in [1.165, 1.54) is 93.1 Å². The summed E-state index contributed by atoms with van der Waals surface area (Å²) in [5.74, 6) is 0. The van der Waals surface area contributed by atoms with E-state index < -0.39 is 8.07 Å². The molecule has 0 heterocycles. The van der Waals surface area contributed by atoms with Crippen LogP contribution in [0.2, 0.25) is 0 Å². The van der Waals surface area contributed by atoms with Crippen molar-refractivity contribution in [3.63, 3.8) is 0 Å². The standard InChI is InChI=1S/C57H63Si.3ClH.Ti/c1-38-39(2)41(4)54(40(38)3)58(51-20-14-17-45(35-51)42-23-29-48(30-24-42)55(5,6)7,52-21-15-18-46(36-52)43-25-31-49(32-26-43)56(8,9)10)53-22-16-19-47(37-53)44-27-33-50(34-28-44)57(11,12)13;;;;/h14-37H,1-13H3;3*1H;/q-1;;;;+4/p-3. The Morgan fingerprint density at radius 1 is 0.339 bits per heavy atom. The monoisotopic (exact) mass is 928 g/mol. The van der Waals surface area contributed by atoms with Crippen LogP contribution < -0.4 is 58.0 Å². The van der Waals surface area contributed by atoms with Crippen molar-refractivity contribution in [1.82, 2.24) is 0 Å². The fourth-order valence-electron chi connectivity index (χ4n) is 9.00. The maximum Gasteiger partial charge on any atom is 4.00 e. The van der Waals surface area contributed by atoms with Crippen LogP contribution in [-0.2, 0) is 38.0 Å². The summed E-state index contributed by atoms with van der Waals surface area (Å²) in [4.78, 5) is 0. The van der Waals surface area contributed by atoms with Crippen molar-refractivity contribution in [3.05, 3.63) is 185 Å². The number of hydrogen-bond acceptors (Lipinski definition) is 0. The van der Waals surface area contributed by atoms with Gasteiger partial charge < -0.3 is 37.2 Å². The van der Waals surface area contributed by atoms with Gasteiger partial charge in [0.1, 0.15) is 8.07 Å². The van der Waals surface area contributed by atoms with Crippen molar-refractivity contribution in [2.24, 2.45) is 0 Å². The van der Waals surface area contributed by atoms with E-state index in [9.17, 15) is 0 Å². The van der Waals surface area contributed by atoms with Gasteiger partial charge >= 0.3 is 21.7 Å². The molecule has 7 rings (SSSR count). The van der Waals surface area contributed by atoms with Crippen LogP contribution in [0.25, 0.3) is 33.4 Å². The third kappa shape index (κ3) is 10.2. The molecular weight excluding hydrogens is 867 g/mol. The zero-order valence-corrected chi connectivity index (χ0v) is 43.8. The third-order valence-electron chi connectivity index (χ3n) is 13.0. The number of halogens is 3. The summed E-state index contributed by atoms with van der Waals surface area (Å²) >= 11 is 0. The third-order valence-corrected chi connectivity index (χ3v) is 18.0. The van der Waals surface area contributed by atoms with E-state index in [4.69, 9.17) is 0 Å². The first-order valence-corrected chi connectivity index (χ1v) is 23.2. The summed E-state index contributed by atoms with van der Waals surface area (Å²) in [7, 11) is -3.01. The van der Waals surface area contributed by atoms with Gasteiger partial charge in [-0.3, -0.25) is 0 Å². The Bertz CT molecular complexity index is 2310. The van der Waals surface area contributed by atoms with Crippen LogP contribution in [0.4, 0.5) is 0 Å². The summed E-state index contributed by atoms with van der Waals surface area (Å²) in [6, 6.07) is 56.5. The molecule has 0 unspecified atom stereocenters. The fourth-order valence-corrected chi connectivity index (χ4v) is 14.5. The molecule has 0 amide bonds. The largest absolute Gasteiger partial charge is 4.00 e. The Labute approximate surface area is 408 Å². The summed E-state index contributed by atoms with van der Waals surface area (Å²) in [6.07, 6.45) is 0. The van der Waals surface area contributed by atoms with Crippen LogP contribution in [0, 0.1) is 27.7 Å². The molecule has 0 aromatic heterocycles. The summed E-state index contributed by atoms with van der Waals surface area (Å²) in [6.45, 7) is 30.0. The van der Waals surface area contributed by atoms with Crippen LogP contribution in [0.5, 0.6) is 0 Å². The number of benzene rings is 6. The van der Waals surface area contributed by atoms with Crippen LogP contribution in [0.1, 0.15) is 101 Å². The van der Waals surface area contributed by atoms with Gasteiger partial charge in [0, 0.05) is 0 Å². The minimum Gasteiger partial charge on any atom is -1.00 e. The second-order valence-electron chi connectivity index (χ2n) is 19.8. The molecule has 0 spiro atoms. The molecule has 0 fully saturated rings. The van der Waals surface area contributed by atoms with Gasteiger partial charge in [-0.05, 0) is 66.3 Å². The molecule has 0 atom stereocenters. The molecule has 0 nitrogen and oxygen atoms in total. The van der Waals surface area contributed by atoms with Crippen LogP contribution in [-0.4, -0.2) is 8.07 Å². The minimum atomic E-state index is -3.01. The zero-order valence-electron chi connectivity index (χ0n) is 39.0. The van der Waals surface area contributed by atoms with Gasteiger partial charge in [0.15, 0.2) is 0 Å². The fraction of sp³-hybridized carbons (Fsp3) is 0.281. The SMILES string of the molecule is Cc1c(C)c(C)[c-]([Si](c2cccc(-c3ccc(C(C)(C)C)cc3)c2)(c2cccc(-c3ccc(C(C)(C)C)cc3)c2)c2cccc(-c3ccc(C(C)(C)C)cc3)c2)c1C.[Cl-].[Cl-].[Cl-].[Ti+4]. The van der Waals surface area contributed by atoms with Gasteiger partial charge in [-0.25, -0.2) is 0 Å². The molecule has 0 saturated carbocycles. The van der Waals surface area contributed by atoms with Crippen molar-refractivity contribution >= 4 is 28.8 Å². The van der Waals surface area contributed by atoms with Gasteiger partial charge in [0.25, 0.3) is 0 Å². The average Bonchev–Trinajstić information content (AvgIpc) is 3.39. The summed E-state index contributed by atoms with van der Waals surface area (Å²) in [5.41, 5.74) is 17.5. The van der Waals surface area contributed by atoms with Crippen molar-refractivity contribution in [1.29, 1.82) is 0 Å². The Kier molecular flexibility index (Phi) is 17.1. The van der Waals surface area contributed by atoms with E-state index in [0.29, 0.717) is 0 Å². The van der Waals surface area contributed by atoms with E-state index in [1.807, 2.05) is 0 Å². The van der Waals surface area contributed by atoms with Gasteiger partial charge in [-0.2, -0.15) is 22.3 Å². The predicted molar refractivity (Wildman–Crippen MR) is 257 cm³/mol. The molecule has 0 radical (unpaired) electrons.